The first kappa shape index (κ1) is 15.0. The predicted octanol–water partition coefficient (Wildman–Crippen LogP) is -0.953. The van der Waals surface area contributed by atoms with Crippen LogP contribution in [-0.4, -0.2) is 18.6 Å². The third-order valence-electron chi connectivity index (χ3n) is 2.26. The third-order valence-corrected chi connectivity index (χ3v) is 4.00. The Morgan fingerprint density at radius 1 is 0.833 bits per heavy atom. The predicted molar refractivity (Wildman–Crippen MR) is 62.8 cm³/mol. The Morgan fingerprint density at radius 2 is 1.22 bits per heavy atom. The van der Waals surface area contributed by atoms with Gasteiger partial charge in [0.1, 0.15) is 11.5 Å². The quantitative estimate of drug-likeness (QED) is 0.692. The standard InChI is InChI=1S/C12H10O4S.Na.H/c13-9-3-1-5-11(7-9)17(15,16)12-6-2-4-10(14)8-12;;/h1-8,13-14H;;/q;+1;-1. The summed E-state index contributed by atoms with van der Waals surface area (Å²) in [5, 5.41) is 18.5. The van der Waals surface area contributed by atoms with Crippen molar-refractivity contribution < 1.29 is 49.6 Å². The van der Waals surface area contributed by atoms with Crippen LogP contribution in [0, 0.1) is 0 Å². The van der Waals surface area contributed by atoms with Gasteiger partial charge in [-0.25, -0.2) is 8.42 Å². The Morgan fingerprint density at radius 3 is 1.56 bits per heavy atom. The maximum atomic E-state index is 12.1. The Hall–Kier alpha value is -1.01. The summed E-state index contributed by atoms with van der Waals surface area (Å²) in [7, 11) is -3.70. The van der Waals surface area contributed by atoms with Gasteiger partial charge >= 0.3 is 29.6 Å². The van der Waals surface area contributed by atoms with Crippen LogP contribution in [0.1, 0.15) is 1.43 Å². The molecular formula is C12H11NaO4S. The molecule has 2 aromatic rings. The number of hydrogen-bond acceptors (Lipinski definition) is 4. The zero-order chi connectivity index (χ0) is 12.5. The molecule has 18 heavy (non-hydrogen) atoms. The summed E-state index contributed by atoms with van der Waals surface area (Å²) in [5.41, 5.74) is 0. The number of aromatic hydroxyl groups is 2. The van der Waals surface area contributed by atoms with Crippen molar-refractivity contribution in [2.45, 2.75) is 9.79 Å². The van der Waals surface area contributed by atoms with E-state index in [1.54, 1.807) is 0 Å². The fourth-order valence-corrected chi connectivity index (χ4v) is 2.78. The van der Waals surface area contributed by atoms with Gasteiger partial charge in [0.15, 0.2) is 0 Å². The van der Waals surface area contributed by atoms with Crippen molar-refractivity contribution in [2.24, 2.45) is 0 Å². The van der Waals surface area contributed by atoms with Crippen molar-refractivity contribution in [1.82, 2.24) is 0 Å². The van der Waals surface area contributed by atoms with Crippen LogP contribution in [0.5, 0.6) is 11.5 Å². The van der Waals surface area contributed by atoms with Crippen molar-refractivity contribution >= 4 is 9.84 Å². The smallest absolute Gasteiger partial charge is 1.00 e. The molecule has 0 aromatic heterocycles. The largest absolute Gasteiger partial charge is 1.00 e. The summed E-state index contributed by atoms with van der Waals surface area (Å²) >= 11 is 0. The summed E-state index contributed by atoms with van der Waals surface area (Å²) in [6.45, 7) is 0. The first-order chi connectivity index (χ1) is 8.00. The van der Waals surface area contributed by atoms with Crippen molar-refractivity contribution in [3.63, 3.8) is 0 Å². The number of sulfone groups is 1. The Balaban J connectivity index is 0.00000162. The molecule has 0 aliphatic rings. The Kier molecular flexibility index (Phi) is 4.81. The van der Waals surface area contributed by atoms with Gasteiger partial charge in [-0.3, -0.25) is 0 Å². The summed E-state index contributed by atoms with van der Waals surface area (Å²) in [4.78, 5) is -0.0220. The molecule has 0 spiro atoms. The molecule has 0 unspecified atom stereocenters. The molecule has 0 radical (unpaired) electrons. The van der Waals surface area contributed by atoms with Gasteiger partial charge in [-0.15, -0.1) is 0 Å². The summed E-state index contributed by atoms with van der Waals surface area (Å²) in [6, 6.07) is 10.8. The Labute approximate surface area is 129 Å². The van der Waals surface area contributed by atoms with Gasteiger partial charge < -0.3 is 11.6 Å². The van der Waals surface area contributed by atoms with E-state index in [0.717, 1.165) is 0 Å². The molecule has 90 valence electrons. The van der Waals surface area contributed by atoms with Gasteiger partial charge in [0.25, 0.3) is 0 Å². The van der Waals surface area contributed by atoms with E-state index in [4.69, 9.17) is 0 Å². The zero-order valence-corrected chi connectivity index (χ0v) is 12.6. The molecule has 0 bridgehead atoms. The van der Waals surface area contributed by atoms with E-state index in [0.29, 0.717) is 0 Å². The van der Waals surface area contributed by atoms with Gasteiger partial charge in [0, 0.05) is 0 Å². The molecule has 0 atom stereocenters. The zero-order valence-electron chi connectivity index (χ0n) is 10.7. The third kappa shape index (κ3) is 3.05. The summed E-state index contributed by atoms with van der Waals surface area (Å²) in [5.74, 6) is -0.238. The molecule has 6 heteroatoms. The van der Waals surface area contributed by atoms with Crippen molar-refractivity contribution in [2.75, 3.05) is 0 Å². The normalized spacial score (nSPS) is 10.7. The van der Waals surface area contributed by atoms with Crippen LogP contribution in [0.2, 0.25) is 0 Å². The molecule has 2 rings (SSSR count). The van der Waals surface area contributed by atoms with Gasteiger partial charge in [-0.2, -0.15) is 0 Å². The molecule has 2 aromatic carbocycles. The van der Waals surface area contributed by atoms with E-state index < -0.39 is 9.84 Å². The molecule has 0 fully saturated rings. The fourth-order valence-electron chi connectivity index (χ4n) is 1.44. The number of benzene rings is 2. The Bertz CT molecular complexity index is 607. The molecule has 2 N–H and O–H groups in total. The van der Waals surface area contributed by atoms with Crippen LogP contribution in [-0.2, 0) is 9.84 Å². The van der Waals surface area contributed by atoms with Gasteiger partial charge in [0.05, 0.1) is 9.79 Å². The maximum Gasteiger partial charge on any atom is 1.00 e. The first-order valence-corrected chi connectivity index (χ1v) is 6.31. The van der Waals surface area contributed by atoms with E-state index in [1.807, 2.05) is 0 Å². The summed E-state index contributed by atoms with van der Waals surface area (Å²) < 4.78 is 24.2. The number of phenolic OH excluding ortho intramolecular Hbond substituents is 2. The molecule has 0 amide bonds. The second-order valence-electron chi connectivity index (χ2n) is 3.50. The minimum atomic E-state index is -3.70. The monoisotopic (exact) mass is 274 g/mol. The van der Waals surface area contributed by atoms with Crippen LogP contribution in [0.15, 0.2) is 58.3 Å². The van der Waals surface area contributed by atoms with Gasteiger partial charge in [-0.05, 0) is 36.4 Å². The average Bonchev–Trinajstić information content (AvgIpc) is 2.29. The molecular weight excluding hydrogens is 263 g/mol. The number of rotatable bonds is 2. The van der Waals surface area contributed by atoms with Gasteiger partial charge in [-0.1, -0.05) is 12.1 Å². The average molecular weight is 274 g/mol. The SMILES string of the molecule is O=S(=O)(c1cccc(O)c1)c1cccc(O)c1.[H-].[Na+]. The number of phenols is 2. The second kappa shape index (κ2) is 5.75. The van der Waals surface area contributed by atoms with Gasteiger partial charge in [0.2, 0.25) is 9.84 Å². The molecule has 0 saturated heterocycles. The van der Waals surface area contributed by atoms with Crippen molar-refractivity contribution in [1.29, 1.82) is 0 Å². The first-order valence-electron chi connectivity index (χ1n) is 4.83. The van der Waals surface area contributed by atoms with E-state index in [1.165, 1.54) is 48.5 Å². The van der Waals surface area contributed by atoms with E-state index in [2.05, 4.69) is 0 Å². The minimum Gasteiger partial charge on any atom is -1.00 e. The number of hydrogen-bond donors (Lipinski definition) is 2. The van der Waals surface area contributed by atoms with Crippen LogP contribution in [0.3, 0.4) is 0 Å². The van der Waals surface area contributed by atoms with Crippen molar-refractivity contribution in [3.05, 3.63) is 48.5 Å². The van der Waals surface area contributed by atoms with E-state index in [9.17, 15) is 18.6 Å². The van der Waals surface area contributed by atoms with Crippen LogP contribution < -0.4 is 29.6 Å². The second-order valence-corrected chi connectivity index (χ2v) is 5.45. The van der Waals surface area contributed by atoms with E-state index in [-0.39, 0.29) is 52.3 Å². The topological polar surface area (TPSA) is 74.6 Å². The van der Waals surface area contributed by atoms with E-state index >= 15 is 0 Å². The van der Waals surface area contributed by atoms with Crippen LogP contribution >= 0.6 is 0 Å². The maximum absolute atomic E-state index is 12.1. The molecule has 4 nitrogen and oxygen atoms in total. The molecule has 0 saturated carbocycles. The minimum absolute atomic E-state index is 0. The fraction of sp³-hybridized carbons (Fsp3) is 0. The summed E-state index contributed by atoms with van der Waals surface area (Å²) in [6.07, 6.45) is 0. The van der Waals surface area contributed by atoms with Crippen LogP contribution in [0.4, 0.5) is 0 Å². The molecule has 0 aliphatic heterocycles. The van der Waals surface area contributed by atoms with Crippen molar-refractivity contribution in [3.8, 4) is 11.5 Å². The van der Waals surface area contributed by atoms with Crippen LogP contribution in [0.25, 0.3) is 0 Å². The molecule has 0 aliphatic carbocycles. The molecule has 0 heterocycles.